The van der Waals surface area contributed by atoms with Crippen LogP contribution in [0, 0.1) is 0 Å². The van der Waals surface area contributed by atoms with E-state index < -0.39 is 0 Å². The Kier molecular flexibility index (Phi) is 4.47. The Bertz CT molecular complexity index is 893. The third kappa shape index (κ3) is 4.16. The lowest BCUT2D eigenvalue weighted by Crippen LogP contribution is -2.15. The van der Waals surface area contributed by atoms with Gasteiger partial charge in [-0.15, -0.1) is 0 Å². The van der Waals surface area contributed by atoms with Crippen molar-refractivity contribution in [2.45, 2.75) is 18.9 Å². The zero-order valence-electron chi connectivity index (χ0n) is 14.1. The van der Waals surface area contributed by atoms with Crippen LogP contribution >= 0.6 is 0 Å². The number of carbonyl (C=O) groups excluding carboxylic acids is 1. The number of carbonyl (C=O) groups is 1. The molecule has 6 heteroatoms. The molecule has 0 atom stereocenters. The molecule has 1 aromatic heterocycles. The highest BCUT2D eigenvalue weighted by Gasteiger charge is 2.21. The Hall–Kier alpha value is -3.41. The van der Waals surface area contributed by atoms with E-state index in [0.29, 0.717) is 29.0 Å². The molecule has 0 saturated heterocycles. The van der Waals surface area contributed by atoms with Crippen molar-refractivity contribution in [2.75, 3.05) is 10.6 Å². The minimum atomic E-state index is -0.275. The number of hydrogen-bond donors (Lipinski definition) is 2. The fraction of sp³-hybridized carbons (Fsp3) is 0.150. The van der Waals surface area contributed by atoms with E-state index >= 15 is 0 Å². The monoisotopic (exact) mass is 346 g/mol. The van der Waals surface area contributed by atoms with E-state index in [9.17, 15) is 4.79 Å². The van der Waals surface area contributed by atoms with Crippen LogP contribution in [0.1, 0.15) is 23.3 Å². The van der Waals surface area contributed by atoms with Gasteiger partial charge < -0.3 is 15.4 Å². The minimum Gasteiger partial charge on any atom is -0.457 e. The molecule has 1 heterocycles. The Labute approximate surface area is 151 Å². The molecular formula is C20H18N4O2. The van der Waals surface area contributed by atoms with Crippen molar-refractivity contribution in [3.63, 3.8) is 0 Å². The first-order valence-corrected chi connectivity index (χ1v) is 8.49. The molecule has 0 aliphatic heterocycles. The van der Waals surface area contributed by atoms with Crippen LogP contribution in [0.5, 0.6) is 11.5 Å². The summed E-state index contributed by atoms with van der Waals surface area (Å²) in [6, 6.07) is 18.9. The van der Waals surface area contributed by atoms with Crippen LogP contribution in [0.4, 0.5) is 11.5 Å². The highest BCUT2D eigenvalue weighted by atomic mass is 16.5. The van der Waals surface area contributed by atoms with Crippen molar-refractivity contribution < 1.29 is 9.53 Å². The molecule has 3 aromatic rings. The van der Waals surface area contributed by atoms with Gasteiger partial charge in [0.25, 0.3) is 5.91 Å². The average Bonchev–Trinajstić information content (AvgIpc) is 3.48. The molecule has 1 fully saturated rings. The molecule has 0 spiro atoms. The first-order valence-electron chi connectivity index (χ1n) is 8.49. The molecule has 130 valence electrons. The van der Waals surface area contributed by atoms with Gasteiger partial charge in [0.1, 0.15) is 29.3 Å². The van der Waals surface area contributed by atoms with Gasteiger partial charge in [0.2, 0.25) is 0 Å². The summed E-state index contributed by atoms with van der Waals surface area (Å²) >= 11 is 0. The Morgan fingerprint density at radius 3 is 2.42 bits per heavy atom. The van der Waals surface area contributed by atoms with Crippen LogP contribution in [0.15, 0.2) is 67.0 Å². The smallest absolute Gasteiger partial charge is 0.274 e. The normalized spacial score (nSPS) is 13.1. The van der Waals surface area contributed by atoms with Crippen LogP contribution in [-0.4, -0.2) is 21.9 Å². The topological polar surface area (TPSA) is 76.1 Å². The number of anilines is 2. The summed E-state index contributed by atoms with van der Waals surface area (Å²) in [6.45, 7) is 0. The van der Waals surface area contributed by atoms with E-state index in [1.807, 2.05) is 42.5 Å². The average molecular weight is 346 g/mol. The Morgan fingerprint density at radius 1 is 0.962 bits per heavy atom. The van der Waals surface area contributed by atoms with Gasteiger partial charge in [0.05, 0.1) is 0 Å². The highest BCUT2D eigenvalue weighted by molar-refractivity contribution is 6.03. The third-order valence-corrected chi connectivity index (χ3v) is 3.92. The number of para-hydroxylation sites is 1. The van der Waals surface area contributed by atoms with Crippen molar-refractivity contribution in [1.29, 1.82) is 0 Å². The number of aromatic nitrogens is 2. The Balaban J connectivity index is 1.39. The molecule has 1 saturated carbocycles. The maximum Gasteiger partial charge on any atom is 0.274 e. The molecule has 1 amide bonds. The van der Waals surface area contributed by atoms with Crippen LogP contribution in [0.25, 0.3) is 0 Å². The number of benzene rings is 2. The predicted molar refractivity (Wildman–Crippen MR) is 99.6 cm³/mol. The van der Waals surface area contributed by atoms with Crippen LogP contribution < -0.4 is 15.4 Å². The van der Waals surface area contributed by atoms with E-state index in [1.165, 1.54) is 6.33 Å². The van der Waals surface area contributed by atoms with Crippen molar-refractivity contribution in [3.8, 4) is 11.5 Å². The molecule has 0 unspecified atom stereocenters. The number of rotatable bonds is 6. The maximum absolute atomic E-state index is 12.4. The van der Waals surface area contributed by atoms with E-state index in [1.54, 1.807) is 18.2 Å². The number of amides is 1. The lowest BCUT2D eigenvalue weighted by Gasteiger charge is -2.08. The summed E-state index contributed by atoms with van der Waals surface area (Å²) in [4.78, 5) is 20.6. The van der Waals surface area contributed by atoms with Gasteiger partial charge in [-0.05, 0) is 49.2 Å². The van der Waals surface area contributed by atoms with Gasteiger partial charge in [-0.3, -0.25) is 4.79 Å². The molecule has 2 aromatic carbocycles. The molecule has 1 aliphatic rings. The fourth-order valence-corrected chi connectivity index (χ4v) is 2.42. The SMILES string of the molecule is O=C(Nc1ccc(Oc2ccccc2)cc1)c1cc(NC2CC2)ncn1. The number of nitrogens with one attached hydrogen (secondary N) is 2. The van der Waals surface area contributed by atoms with Gasteiger partial charge in [-0.2, -0.15) is 0 Å². The molecule has 6 nitrogen and oxygen atoms in total. The van der Waals surface area contributed by atoms with Crippen LogP contribution in [0.2, 0.25) is 0 Å². The van der Waals surface area contributed by atoms with Gasteiger partial charge in [-0.1, -0.05) is 18.2 Å². The number of hydrogen-bond acceptors (Lipinski definition) is 5. The third-order valence-electron chi connectivity index (χ3n) is 3.92. The second-order valence-corrected chi connectivity index (χ2v) is 6.10. The van der Waals surface area contributed by atoms with Crippen molar-refractivity contribution in [3.05, 3.63) is 72.7 Å². The number of nitrogens with zero attached hydrogens (tertiary/aromatic N) is 2. The minimum absolute atomic E-state index is 0.275. The summed E-state index contributed by atoms with van der Waals surface area (Å²) in [5.41, 5.74) is 0.999. The second kappa shape index (κ2) is 7.23. The van der Waals surface area contributed by atoms with Gasteiger partial charge in [-0.25, -0.2) is 9.97 Å². The van der Waals surface area contributed by atoms with Crippen LogP contribution in [-0.2, 0) is 0 Å². The molecule has 0 radical (unpaired) electrons. The van der Waals surface area contributed by atoms with Gasteiger partial charge in [0, 0.05) is 17.8 Å². The van der Waals surface area contributed by atoms with Crippen LogP contribution in [0.3, 0.4) is 0 Å². The zero-order valence-corrected chi connectivity index (χ0v) is 14.1. The molecule has 0 bridgehead atoms. The quantitative estimate of drug-likeness (QED) is 0.703. The largest absolute Gasteiger partial charge is 0.457 e. The van der Waals surface area contributed by atoms with E-state index in [4.69, 9.17) is 4.74 Å². The lowest BCUT2D eigenvalue weighted by atomic mass is 10.2. The van der Waals surface area contributed by atoms with Crippen molar-refractivity contribution >= 4 is 17.4 Å². The molecule has 26 heavy (non-hydrogen) atoms. The van der Waals surface area contributed by atoms with Crippen molar-refractivity contribution in [2.24, 2.45) is 0 Å². The lowest BCUT2D eigenvalue weighted by molar-refractivity contribution is 0.102. The standard InChI is InChI=1S/C20H18N4O2/c25-20(18-12-19(22-13-21-18)23-14-6-7-14)24-15-8-10-17(11-9-15)26-16-4-2-1-3-5-16/h1-5,8-14H,6-7H2,(H,24,25)(H,21,22,23). The molecule has 1 aliphatic carbocycles. The van der Waals surface area contributed by atoms with Gasteiger partial charge in [0.15, 0.2) is 0 Å². The summed E-state index contributed by atoms with van der Waals surface area (Å²) in [7, 11) is 0. The highest BCUT2D eigenvalue weighted by Crippen LogP contribution is 2.24. The molecule has 4 rings (SSSR count). The maximum atomic E-state index is 12.4. The zero-order chi connectivity index (χ0) is 17.8. The first kappa shape index (κ1) is 16.1. The van der Waals surface area contributed by atoms with Crippen molar-refractivity contribution in [1.82, 2.24) is 9.97 Å². The van der Waals surface area contributed by atoms with E-state index in [-0.39, 0.29) is 5.91 Å². The molecular weight excluding hydrogens is 328 g/mol. The summed E-state index contributed by atoms with van der Waals surface area (Å²) in [6.07, 6.45) is 3.68. The van der Waals surface area contributed by atoms with E-state index in [2.05, 4.69) is 20.6 Å². The Morgan fingerprint density at radius 2 is 1.69 bits per heavy atom. The van der Waals surface area contributed by atoms with E-state index in [0.717, 1.165) is 18.6 Å². The summed E-state index contributed by atoms with van der Waals surface area (Å²) < 4.78 is 5.74. The van der Waals surface area contributed by atoms with Gasteiger partial charge >= 0.3 is 0 Å². The fourth-order valence-electron chi connectivity index (χ4n) is 2.42. The summed E-state index contributed by atoms with van der Waals surface area (Å²) in [5, 5.41) is 6.09. The predicted octanol–water partition coefficient (Wildman–Crippen LogP) is 4.10. The number of ether oxygens (including phenoxy) is 1. The second-order valence-electron chi connectivity index (χ2n) is 6.10. The summed E-state index contributed by atoms with van der Waals surface area (Å²) in [5.74, 6) is 1.87. The first-order chi connectivity index (χ1) is 12.8. The molecule has 2 N–H and O–H groups in total.